The molecule has 11 aromatic carbocycles. The molecule has 0 radical (unpaired) electrons. The molecular formula is C64H36F12N2. The Hall–Kier alpha value is -8.78. The van der Waals surface area contributed by atoms with E-state index in [1.165, 1.54) is 24.3 Å². The predicted octanol–water partition coefficient (Wildman–Crippen LogP) is 20.5. The SMILES string of the molecule is Cc1ccc2ccccc2c1-c1c2ccc(-n3c4ccc(C(F)(F)F)cc4c4cc(C(F)(F)F)ccc43)cc2c(-c2c(C)ccc3ccccc23)c2ccc(-n3c4ccc(C(F)(F)F)cc4c4cc(C(F)(F)F)ccc43)cc12. The van der Waals surface area contributed by atoms with Gasteiger partial charge in [-0.25, -0.2) is 0 Å². The van der Waals surface area contributed by atoms with Crippen LogP contribution in [0.1, 0.15) is 33.4 Å². The number of halogens is 12. The predicted molar refractivity (Wildman–Crippen MR) is 285 cm³/mol. The van der Waals surface area contributed by atoms with Gasteiger partial charge in [0, 0.05) is 32.9 Å². The lowest BCUT2D eigenvalue weighted by Gasteiger charge is -2.23. The summed E-state index contributed by atoms with van der Waals surface area (Å²) in [6.07, 6.45) is -19.2. The Morgan fingerprint density at radius 2 is 0.564 bits per heavy atom. The molecule has 386 valence electrons. The maximum atomic E-state index is 14.4. The molecule has 2 heterocycles. The molecule has 0 saturated heterocycles. The number of nitrogens with zero attached hydrogens (tertiary/aromatic N) is 2. The maximum Gasteiger partial charge on any atom is 0.416 e. The minimum atomic E-state index is -4.80. The van der Waals surface area contributed by atoms with Crippen LogP contribution in [0, 0.1) is 13.8 Å². The first-order valence-corrected chi connectivity index (χ1v) is 24.5. The van der Waals surface area contributed by atoms with Crippen molar-refractivity contribution in [2.45, 2.75) is 38.6 Å². The number of rotatable bonds is 4. The van der Waals surface area contributed by atoms with Gasteiger partial charge < -0.3 is 9.13 Å². The molecule has 0 fully saturated rings. The monoisotopic (exact) mass is 1060 g/mol. The van der Waals surface area contributed by atoms with Gasteiger partial charge in [0.15, 0.2) is 0 Å². The zero-order valence-corrected chi connectivity index (χ0v) is 40.8. The Morgan fingerprint density at radius 3 is 0.872 bits per heavy atom. The van der Waals surface area contributed by atoms with Gasteiger partial charge in [0.2, 0.25) is 0 Å². The quantitative estimate of drug-likeness (QED) is 0.123. The highest BCUT2D eigenvalue weighted by Gasteiger charge is 2.36. The largest absolute Gasteiger partial charge is 0.416 e. The van der Waals surface area contributed by atoms with Gasteiger partial charge in [-0.3, -0.25) is 0 Å². The maximum absolute atomic E-state index is 14.4. The molecule has 0 aliphatic rings. The van der Waals surface area contributed by atoms with E-state index in [0.29, 0.717) is 32.9 Å². The first kappa shape index (κ1) is 48.8. The van der Waals surface area contributed by atoms with Gasteiger partial charge in [-0.05, 0) is 187 Å². The number of aromatic nitrogens is 2. The van der Waals surface area contributed by atoms with Gasteiger partial charge in [-0.15, -0.1) is 0 Å². The smallest absolute Gasteiger partial charge is 0.309 e. The van der Waals surface area contributed by atoms with E-state index in [1.807, 2.05) is 111 Å². The summed E-state index contributed by atoms with van der Waals surface area (Å²) in [6, 6.07) is 46.8. The molecule has 0 bridgehead atoms. The lowest BCUT2D eigenvalue weighted by molar-refractivity contribution is -0.138. The summed E-state index contributed by atoms with van der Waals surface area (Å²) in [4.78, 5) is 0. The fourth-order valence-corrected chi connectivity index (χ4v) is 11.8. The van der Waals surface area contributed by atoms with E-state index >= 15 is 0 Å². The number of hydrogen-bond acceptors (Lipinski definition) is 0. The van der Waals surface area contributed by atoms with E-state index in [0.717, 1.165) is 103 Å². The second kappa shape index (κ2) is 16.9. The molecule has 0 aliphatic heterocycles. The molecule has 0 amide bonds. The van der Waals surface area contributed by atoms with Crippen LogP contribution in [-0.2, 0) is 24.7 Å². The van der Waals surface area contributed by atoms with E-state index in [2.05, 4.69) is 0 Å². The van der Waals surface area contributed by atoms with Gasteiger partial charge in [-0.1, -0.05) is 84.9 Å². The van der Waals surface area contributed by atoms with Gasteiger partial charge >= 0.3 is 24.7 Å². The summed E-state index contributed by atoms with van der Waals surface area (Å²) in [6.45, 7) is 3.93. The minimum absolute atomic E-state index is 0.0384. The molecule has 0 atom stereocenters. The van der Waals surface area contributed by atoms with Crippen LogP contribution in [0.3, 0.4) is 0 Å². The molecule has 13 rings (SSSR count). The van der Waals surface area contributed by atoms with Gasteiger partial charge in [0.1, 0.15) is 0 Å². The fraction of sp³-hybridized carbons (Fsp3) is 0.0938. The average Bonchev–Trinajstić information content (AvgIpc) is 3.94. The number of alkyl halides is 12. The first-order chi connectivity index (χ1) is 37.0. The molecule has 0 aliphatic carbocycles. The molecular weight excluding hydrogens is 1020 g/mol. The third-order valence-corrected chi connectivity index (χ3v) is 15.2. The average molecular weight is 1060 g/mol. The topological polar surface area (TPSA) is 9.86 Å². The van der Waals surface area contributed by atoms with Gasteiger partial charge in [-0.2, -0.15) is 52.7 Å². The number of fused-ring (bicyclic) bond motifs is 10. The van der Waals surface area contributed by atoms with Crippen LogP contribution in [0.15, 0.2) is 182 Å². The number of aryl methyl sites for hydroxylation is 2. The summed E-state index contributed by atoms with van der Waals surface area (Å²) >= 11 is 0. The highest BCUT2D eigenvalue weighted by Crippen LogP contribution is 2.51. The van der Waals surface area contributed by atoms with Crippen LogP contribution in [0.5, 0.6) is 0 Å². The van der Waals surface area contributed by atoms with Crippen molar-refractivity contribution in [2.75, 3.05) is 0 Å². The molecule has 14 heteroatoms. The Kier molecular flexibility index (Phi) is 10.6. The molecule has 13 aromatic rings. The van der Waals surface area contributed by atoms with Gasteiger partial charge in [0.05, 0.1) is 44.3 Å². The summed E-state index contributed by atoms with van der Waals surface area (Å²) in [5.41, 5.74) is 2.44. The van der Waals surface area contributed by atoms with E-state index < -0.39 is 47.0 Å². The second-order valence-electron chi connectivity index (χ2n) is 19.8. The van der Waals surface area contributed by atoms with Crippen molar-refractivity contribution in [1.82, 2.24) is 9.13 Å². The molecule has 78 heavy (non-hydrogen) atoms. The molecule has 0 N–H and O–H groups in total. The van der Waals surface area contributed by atoms with Crippen LogP contribution in [0.4, 0.5) is 52.7 Å². The second-order valence-corrected chi connectivity index (χ2v) is 19.8. The zero-order chi connectivity index (χ0) is 54.5. The van der Waals surface area contributed by atoms with E-state index in [1.54, 1.807) is 21.3 Å². The van der Waals surface area contributed by atoms with Crippen LogP contribution in [0.2, 0.25) is 0 Å². The Labute approximate surface area is 434 Å². The summed E-state index contributed by atoms with van der Waals surface area (Å²) < 4.78 is 176. The minimum Gasteiger partial charge on any atom is -0.309 e. The first-order valence-electron chi connectivity index (χ1n) is 24.5. The van der Waals surface area contributed by atoms with Crippen molar-refractivity contribution in [3.63, 3.8) is 0 Å². The highest BCUT2D eigenvalue weighted by atomic mass is 19.4. The highest BCUT2D eigenvalue weighted by molar-refractivity contribution is 6.27. The lowest BCUT2D eigenvalue weighted by atomic mass is 9.81. The van der Waals surface area contributed by atoms with Gasteiger partial charge in [0.25, 0.3) is 0 Å². The normalized spacial score (nSPS) is 13.0. The molecule has 0 saturated carbocycles. The summed E-state index contributed by atoms with van der Waals surface area (Å²) in [5, 5.41) is 6.08. The van der Waals surface area contributed by atoms with E-state index in [-0.39, 0.29) is 43.6 Å². The standard InChI is InChI=1S/C64H36F12N2/c1-33-11-13-35-7-3-5-9-43(35)57(33)59-45-21-19-42(78-55-25-17-39(63(71,72)73)29-49(55)50-30-40(64(74,75)76)18-26-56(50)78)32-52(45)60(58-34(2)12-14-36-8-4-6-10-44(36)58)46-22-20-41(31-51(46)59)77-53-23-15-37(61(65,66)67)27-47(53)48-28-38(62(68,69)70)16-24-54(48)77/h3-32H,1-2H3. The van der Waals surface area contributed by atoms with Crippen molar-refractivity contribution in [3.05, 3.63) is 215 Å². The Bertz CT molecular complexity index is 4260. The molecule has 0 spiro atoms. The number of benzene rings is 11. The summed E-state index contributed by atoms with van der Waals surface area (Å²) in [5.74, 6) is 0. The molecule has 2 aromatic heterocycles. The Morgan fingerprint density at radius 1 is 0.256 bits per heavy atom. The lowest BCUT2D eigenvalue weighted by Crippen LogP contribution is -2.04. The van der Waals surface area contributed by atoms with Crippen molar-refractivity contribution >= 4 is 86.7 Å². The van der Waals surface area contributed by atoms with Crippen LogP contribution < -0.4 is 0 Å². The summed E-state index contributed by atoms with van der Waals surface area (Å²) in [7, 11) is 0. The fourth-order valence-electron chi connectivity index (χ4n) is 11.8. The third-order valence-electron chi connectivity index (χ3n) is 15.2. The van der Waals surface area contributed by atoms with Crippen molar-refractivity contribution in [3.8, 4) is 33.6 Å². The van der Waals surface area contributed by atoms with E-state index in [9.17, 15) is 52.7 Å². The van der Waals surface area contributed by atoms with Crippen molar-refractivity contribution in [2.24, 2.45) is 0 Å². The third kappa shape index (κ3) is 7.58. The van der Waals surface area contributed by atoms with Crippen LogP contribution >= 0.6 is 0 Å². The van der Waals surface area contributed by atoms with Crippen LogP contribution in [-0.4, -0.2) is 9.13 Å². The van der Waals surface area contributed by atoms with Crippen molar-refractivity contribution in [1.29, 1.82) is 0 Å². The zero-order valence-electron chi connectivity index (χ0n) is 40.8. The van der Waals surface area contributed by atoms with E-state index in [4.69, 9.17) is 0 Å². The number of hydrogen-bond donors (Lipinski definition) is 0. The molecule has 2 nitrogen and oxygen atoms in total. The van der Waals surface area contributed by atoms with Crippen molar-refractivity contribution < 1.29 is 52.7 Å². The Balaban J connectivity index is 1.20. The molecule has 0 unspecified atom stereocenters. The van der Waals surface area contributed by atoms with Crippen LogP contribution in [0.25, 0.3) is 120 Å².